The van der Waals surface area contributed by atoms with Crippen LogP contribution in [0, 0.1) is 20.8 Å². The number of aryl methyl sites for hydroxylation is 2. The largest absolute Gasteiger partial charge is 0.457 e. The van der Waals surface area contributed by atoms with Crippen molar-refractivity contribution in [1.82, 2.24) is 5.32 Å². The van der Waals surface area contributed by atoms with Gasteiger partial charge in [-0.3, -0.25) is 0 Å². The molecule has 0 spiro atoms. The smallest absolute Gasteiger partial charge is 0.130 e. The van der Waals surface area contributed by atoms with Gasteiger partial charge in [-0.15, -0.1) is 0 Å². The van der Waals surface area contributed by atoms with Crippen molar-refractivity contribution >= 4 is 0 Å². The Morgan fingerprint density at radius 2 is 1.75 bits per heavy atom. The molecule has 2 heteroatoms. The first-order valence-electron chi connectivity index (χ1n) is 7.16. The van der Waals surface area contributed by atoms with E-state index >= 15 is 0 Å². The van der Waals surface area contributed by atoms with E-state index in [4.69, 9.17) is 4.74 Å². The molecular formula is C18H23NO. The van der Waals surface area contributed by atoms with Crippen LogP contribution >= 0.6 is 0 Å². The van der Waals surface area contributed by atoms with E-state index in [0.29, 0.717) is 0 Å². The van der Waals surface area contributed by atoms with Crippen LogP contribution in [-0.4, -0.2) is 6.54 Å². The van der Waals surface area contributed by atoms with Crippen molar-refractivity contribution in [2.24, 2.45) is 0 Å². The van der Waals surface area contributed by atoms with Gasteiger partial charge in [-0.1, -0.05) is 31.2 Å². The first-order valence-corrected chi connectivity index (χ1v) is 7.16. The van der Waals surface area contributed by atoms with Crippen molar-refractivity contribution in [1.29, 1.82) is 0 Å². The zero-order valence-electron chi connectivity index (χ0n) is 12.8. The predicted molar refractivity (Wildman–Crippen MR) is 84.5 cm³/mol. The molecule has 2 aromatic carbocycles. The van der Waals surface area contributed by atoms with Crippen LogP contribution in [0.4, 0.5) is 0 Å². The molecule has 1 N–H and O–H groups in total. The topological polar surface area (TPSA) is 21.3 Å². The zero-order chi connectivity index (χ0) is 14.5. The van der Waals surface area contributed by atoms with E-state index < -0.39 is 0 Å². The Kier molecular flexibility index (Phi) is 4.80. The van der Waals surface area contributed by atoms with Gasteiger partial charge >= 0.3 is 0 Å². The third kappa shape index (κ3) is 3.40. The van der Waals surface area contributed by atoms with Gasteiger partial charge in [0.15, 0.2) is 0 Å². The van der Waals surface area contributed by atoms with Crippen molar-refractivity contribution in [2.45, 2.75) is 34.2 Å². The summed E-state index contributed by atoms with van der Waals surface area (Å²) >= 11 is 0. The van der Waals surface area contributed by atoms with E-state index in [9.17, 15) is 0 Å². The summed E-state index contributed by atoms with van der Waals surface area (Å²) in [5, 5.41) is 3.34. The van der Waals surface area contributed by atoms with Gasteiger partial charge < -0.3 is 10.1 Å². The highest BCUT2D eigenvalue weighted by molar-refractivity contribution is 5.44. The average Bonchev–Trinajstić information content (AvgIpc) is 2.44. The molecule has 0 unspecified atom stereocenters. The van der Waals surface area contributed by atoms with E-state index in [1.807, 2.05) is 12.1 Å². The molecular weight excluding hydrogens is 246 g/mol. The molecule has 2 nitrogen and oxygen atoms in total. The number of ether oxygens (including phenoxy) is 1. The first kappa shape index (κ1) is 14.6. The van der Waals surface area contributed by atoms with Crippen molar-refractivity contribution in [2.75, 3.05) is 6.54 Å². The van der Waals surface area contributed by atoms with Crippen LogP contribution in [0.3, 0.4) is 0 Å². The second kappa shape index (κ2) is 6.58. The van der Waals surface area contributed by atoms with Gasteiger partial charge in [0, 0.05) is 6.54 Å². The van der Waals surface area contributed by atoms with E-state index in [0.717, 1.165) is 24.6 Å². The Bertz CT molecular complexity index is 590. The van der Waals surface area contributed by atoms with Gasteiger partial charge in [0.25, 0.3) is 0 Å². The van der Waals surface area contributed by atoms with Gasteiger partial charge in [-0.25, -0.2) is 0 Å². The lowest BCUT2D eigenvalue weighted by Crippen LogP contribution is -2.11. The second-order valence-corrected chi connectivity index (χ2v) is 5.18. The van der Waals surface area contributed by atoms with Crippen LogP contribution in [0.2, 0.25) is 0 Å². The average molecular weight is 269 g/mol. The summed E-state index contributed by atoms with van der Waals surface area (Å²) in [5.74, 6) is 1.87. The minimum Gasteiger partial charge on any atom is -0.457 e. The van der Waals surface area contributed by atoms with Gasteiger partial charge in [-0.05, 0) is 61.7 Å². The number of hydrogen-bond acceptors (Lipinski definition) is 2. The molecule has 0 heterocycles. The van der Waals surface area contributed by atoms with E-state index in [2.05, 4.69) is 57.3 Å². The maximum atomic E-state index is 6.06. The van der Waals surface area contributed by atoms with Gasteiger partial charge in [0.2, 0.25) is 0 Å². The number of hydrogen-bond donors (Lipinski definition) is 1. The minimum atomic E-state index is 0.904. The summed E-state index contributed by atoms with van der Waals surface area (Å²) in [6.07, 6.45) is 0. The Hall–Kier alpha value is -1.80. The van der Waals surface area contributed by atoms with Crippen molar-refractivity contribution < 1.29 is 4.74 Å². The second-order valence-electron chi connectivity index (χ2n) is 5.18. The number of rotatable bonds is 5. The molecule has 0 aliphatic carbocycles. The molecule has 0 saturated heterocycles. The monoisotopic (exact) mass is 269 g/mol. The molecule has 0 aliphatic rings. The first-order chi connectivity index (χ1) is 9.61. The fourth-order valence-corrected chi connectivity index (χ4v) is 2.16. The Balaban J connectivity index is 2.19. The van der Waals surface area contributed by atoms with Crippen LogP contribution in [0.1, 0.15) is 29.2 Å². The highest BCUT2D eigenvalue weighted by Crippen LogP contribution is 2.29. The van der Waals surface area contributed by atoms with Gasteiger partial charge in [0.1, 0.15) is 11.5 Å². The Labute approximate surface area is 121 Å². The summed E-state index contributed by atoms with van der Waals surface area (Å²) < 4.78 is 6.06. The number of nitrogens with one attached hydrogen (secondary N) is 1. The minimum absolute atomic E-state index is 0.904. The summed E-state index contributed by atoms with van der Waals surface area (Å²) in [4.78, 5) is 0. The summed E-state index contributed by atoms with van der Waals surface area (Å²) in [6, 6.07) is 12.5. The maximum absolute atomic E-state index is 6.06. The Morgan fingerprint density at radius 3 is 2.45 bits per heavy atom. The summed E-state index contributed by atoms with van der Waals surface area (Å²) in [5.41, 5.74) is 4.91. The summed E-state index contributed by atoms with van der Waals surface area (Å²) in [7, 11) is 0. The number of benzene rings is 2. The zero-order valence-corrected chi connectivity index (χ0v) is 12.8. The lowest BCUT2D eigenvalue weighted by atomic mass is 10.1. The molecule has 2 rings (SSSR count). The summed E-state index contributed by atoms with van der Waals surface area (Å²) in [6.45, 7) is 10.3. The van der Waals surface area contributed by atoms with E-state index in [1.165, 1.54) is 22.3 Å². The molecule has 0 radical (unpaired) electrons. The molecule has 0 amide bonds. The third-order valence-corrected chi connectivity index (χ3v) is 3.59. The van der Waals surface area contributed by atoms with Crippen molar-refractivity contribution in [3.8, 4) is 11.5 Å². The molecule has 106 valence electrons. The Morgan fingerprint density at radius 1 is 0.950 bits per heavy atom. The normalized spacial score (nSPS) is 10.6. The van der Waals surface area contributed by atoms with E-state index in [-0.39, 0.29) is 0 Å². The van der Waals surface area contributed by atoms with Crippen LogP contribution in [0.15, 0.2) is 36.4 Å². The van der Waals surface area contributed by atoms with Crippen LogP contribution < -0.4 is 10.1 Å². The van der Waals surface area contributed by atoms with Gasteiger partial charge in [-0.2, -0.15) is 0 Å². The quantitative estimate of drug-likeness (QED) is 0.862. The highest BCUT2D eigenvalue weighted by atomic mass is 16.5. The maximum Gasteiger partial charge on any atom is 0.130 e. The standard InChI is InChI=1S/C18H23NO/c1-5-19-12-16-9-10-17(14(3)11-16)20-18-8-6-7-13(2)15(18)4/h6-11,19H,5,12H2,1-4H3. The van der Waals surface area contributed by atoms with Crippen LogP contribution in [0.5, 0.6) is 11.5 Å². The SMILES string of the molecule is CCNCc1ccc(Oc2cccc(C)c2C)c(C)c1. The molecule has 0 atom stereocenters. The van der Waals surface area contributed by atoms with Crippen LogP contribution in [0.25, 0.3) is 0 Å². The van der Waals surface area contributed by atoms with Crippen molar-refractivity contribution in [3.05, 3.63) is 58.7 Å². The molecule has 0 aliphatic heterocycles. The molecule has 20 heavy (non-hydrogen) atoms. The lowest BCUT2D eigenvalue weighted by Gasteiger charge is -2.13. The highest BCUT2D eigenvalue weighted by Gasteiger charge is 2.06. The molecule has 0 saturated carbocycles. The predicted octanol–water partition coefficient (Wildman–Crippen LogP) is 4.51. The van der Waals surface area contributed by atoms with E-state index in [1.54, 1.807) is 0 Å². The molecule has 0 aromatic heterocycles. The molecule has 0 bridgehead atoms. The molecule has 0 fully saturated rings. The lowest BCUT2D eigenvalue weighted by molar-refractivity contribution is 0.474. The van der Waals surface area contributed by atoms with Gasteiger partial charge in [0.05, 0.1) is 0 Å². The fraction of sp³-hybridized carbons (Fsp3) is 0.333. The fourth-order valence-electron chi connectivity index (χ4n) is 2.16. The molecule has 2 aromatic rings. The third-order valence-electron chi connectivity index (χ3n) is 3.59. The van der Waals surface area contributed by atoms with Crippen molar-refractivity contribution in [3.63, 3.8) is 0 Å². The van der Waals surface area contributed by atoms with Crippen LogP contribution in [-0.2, 0) is 6.54 Å².